The molecule has 8 heteroatoms. The van der Waals surface area contributed by atoms with Crippen molar-refractivity contribution in [3.63, 3.8) is 0 Å². The van der Waals surface area contributed by atoms with Crippen molar-refractivity contribution < 1.29 is 22.7 Å². The van der Waals surface area contributed by atoms with Gasteiger partial charge < -0.3 is 14.4 Å². The van der Waals surface area contributed by atoms with Crippen molar-refractivity contribution in [2.75, 3.05) is 31.2 Å². The van der Waals surface area contributed by atoms with Crippen LogP contribution in [0.5, 0.6) is 11.5 Å². The molecular formula is C19H20N2O5S. The molecule has 0 unspecified atom stereocenters. The molecule has 0 saturated carbocycles. The maximum Gasteiger partial charge on any atom is 0.240 e. The minimum Gasteiger partial charge on any atom is -0.486 e. The van der Waals surface area contributed by atoms with Crippen LogP contribution >= 0.6 is 0 Å². The number of anilines is 1. The Balaban J connectivity index is 1.42. The number of hydrogen-bond donors (Lipinski definition) is 1. The lowest BCUT2D eigenvalue weighted by Gasteiger charge is -2.19. The fourth-order valence-corrected chi connectivity index (χ4v) is 4.41. The molecule has 2 aromatic rings. The molecule has 2 aliphatic heterocycles. The number of carbonyl (C=O) groups excluding carboxylic acids is 1. The Hall–Kier alpha value is -2.58. The topological polar surface area (TPSA) is 84.9 Å². The van der Waals surface area contributed by atoms with Crippen molar-refractivity contribution in [1.82, 2.24) is 4.72 Å². The summed E-state index contributed by atoms with van der Waals surface area (Å²) in [6.45, 7) is 1.53. The highest BCUT2D eigenvalue weighted by molar-refractivity contribution is 7.89. The minimum absolute atomic E-state index is 0.00438. The number of para-hydroxylation sites is 1. The number of rotatable bonds is 5. The van der Waals surface area contributed by atoms with E-state index in [0.29, 0.717) is 37.7 Å². The van der Waals surface area contributed by atoms with Crippen LogP contribution in [0, 0.1) is 5.92 Å². The second-order valence-corrected chi connectivity index (χ2v) is 8.33. The van der Waals surface area contributed by atoms with E-state index in [0.717, 1.165) is 5.69 Å². The number of ether oxygens (including phenoxy) is 2. The predicted molar refractivity (Wildman–Crippen MR) is 99.5 cm³/mol. The van der Waals surface area contributed by atoms with Crippen molar-refractivity contribution in [1.29, 1.82) is 0 Å². The predicted octanol–water partition coefficient (Wildman–Crippen LogP) is 1.79. The number of nitrogens with zero attached hydrogens (tertiary/aromatic N) is 1. The van der Waals surface area contributed by atoms with Gasteiger partial charge in [0, 0.05) is 31.3 Å². The number of fused-ring (bicyclic) bond motifs is 1. The average Bonchev–Trinajstić information content (AvgIpc) is 3.07. The third-order valence-electron chi connectivity index (χ3n) is 4.66. The van der Waals surface area contributed by atoms with Crippen LogP contribution in [0.25, 0.3) is 0 Å². The molecule has 7 nitrogen and oxygen atoms in total. The summed E-state index contributed by atoms with van der Waals surface area (Å²) in [4.78, 5) is 14.1. The van der Waals surface area contributed by atoms with Gasteiger partial charge in [0.05, 0.1) is 4.90 Å². The van der Waals surface area contributed by atoms with Crippen LogP contribution < -0.4 is 19.1 Å². The molecule has 142 valence electrons. The highest BCUT2D eigenvalue weighted by Crippen LogP contribution is 2.32. The highest BCUT2D eigenvalue weighted by Gasteiger charge is 2.31. The summed E-state index contributed by atoms with van der Waals surface area (Å²) in [5.74, 6) is 0.893. The Bertz CT molecular complexity index is 946. The molecule has 0 bridgehead atoms. The van der Waals surface area contributed by atoms with Gasteiger partial charge in [-0.05, 0) is 30.2 Å². The van der Waals surface area contributed by atoms with Gasteiger partial charge >= 0.3 is 0 Å². The molecule has 1 fully saturated rings. The van der Waals surface area contributed by atoms with Gasteiger partial charge in [-0.1, -0.05) is 18.2 Å². The zero-order chi connectivity index (χ0) is 18.9. The van der Waals surface area contributed by atoms with Crippen molar-refractivity contribution in [3.8, 4) is 11.5 Å². The van der Waals surface area contributed by atoms with E-state index in [9.17, 15) is 13.2 Å². The Labute approximate surface area is 157 Å². The largest absolute Gasteiger partial charge is 0.486 e. The molecule has 1 saturated heterocycles. The zero-order valence-electron chi connectivity index (χ0n) is 14.6. The number of amides is 1. The van der Waals surface area contributed by atoms with Gasteiger partial charge in [0.2, 0.25) is 15.9 Å². The molecule has 1 amide bonds. The van der Waals surface area contributed by atoms with Crippen molar-refractivity contribution >= 4 is 21.6 Å². The highest BCUT2D eigenvalue weighted by atomic mass is 32.2. The van der Waals surface area contributed by atoms with E-state index in [1.807, 2.05) is 30.3 Å². The lowest BCUT2D eigenvalue weighted by molar-refractivity contribution is -0.117. The molecule has 2 heterocycles. The lowest BCUT2D eigenvalue weighted by Crippen LogP contribution is -2.31. The summed E-state index contributed by atoms with van der Waals surface area (Å²) < 4.78 is 38.7. The normalized spacial score (nSPS) is 19.3. The van der Waals surface area contributed by atoms with Crippen LogP contribution in [0.2, 0.25) is 0 Å². The second kappa shape index (κ2) is 7.21. The van der Waals surface area contributed by atoms with E-state index in [4.69, 9.17) is 9.47 Å². The van der Waals surface area contributed by atoms with Crippen LogP contribution in [-0.4, -0.2) is 40.6 Å². The molecular weight excluding hydrogens is 368 g/mol. The van der Waals surface area contributed by atoms with Gasteiger partial charge in [-0.3, -0.25) is 4.79 Å². The molecule has 0 aliphatic carbocycles. The van der Waals surface area contributed by atoms with Gasteiger partial charge in [0.1, 0.15) is 13.2 Å². The van der Waals surface area contributed by atoms with Gasteiger partial charge in [-0.15, -0.1) is 0 Å². The SMILES string of the molecule is O=C1C[C@H](CNS(=O)(=O)c2ccc3c(c2)OCCO3)CN1c1ccccc1. The molecule has 0 radical (unpaired) electrons. The Morgan fingerprint density at radius 2 is 1.78 bits per heavy atom. The van der Waals surface area contributed by atoms with Crippen molar-refractivity contribution in [3.05, 3.63) is 48.5 Å². The first kappa shape index (κ1) is 17.8. The molecule has 1 atom stereocenters. The van der Waals surface area contributed by atoms with Crippen LogP contribution in [0.1, 0.15) is 6.42 Å². The van der Waals surface area contributed by atoms with Gasteiger partial charge in [-0.25, -0.2) is 13.1 Å². The quantitative estimate of drug-likeness (QED) is 0.844. The van der Waals surface area contributed by atoms with Crippen LogP contribution in [0.3, 0.4) is 0 Å². The first-order chi connectivity index (χ1) is 13.0. The molecule has 0 aromatic heterocycles. The lowest BCUT2D eigenvalue weighted by atomic mass is 10.1. The van der Waals surface area contributed by atoms with E-state index >= 15 is 0 Å². The first-order valence-electron chi connectivity index (χ1n) is 8.78. The van der Waals surface area contributed by atoms with Crippen LogP contribution in [-0.2, 0) is 14.8 Å². The Morgan fingerprint density at radius 1 is 1.04 bits per heavy atom. The number of hydrogen-bond acceptors (Lipinski definition) is 5. The van der Waals surface area contributed by atoms with Crippen molar-refractivity contribution in [2.24, 2.45) is 5.92 Å². The van der Waals surface area contributed by atoms with E-state index in [-0.39, 0.29) is 23.3 Å². The summed E-state index contributed by atoms with van der Waals surface area (Å²) >= 11 is 0. The maximum atomic E-state index is 12.6. The van der Waals surface area contributed by atoms with E-state index in [1.54, 1.807) is 11.0 Å². The van der Waals surface area contributed by atoms with E-state index in [2.05, 4.69) is 4.72 Å². The molecule has 1 N–H and O–H groups in total. The van der Waals surface area contributed by atoms with E-state index < -0.39 is 10.0 Å². The fourth-order valence-electron chi connectivity index (χ4n) is 3.28. The first-order valence-corrected chi connectivity index (χ1v) is 10.3. The smallest absolute Gasteiger partial charge is 0.240 e. The van der Waals surface area contributed by atoms with E-state index in [1.165, 1.54) is 12.1 Å². The molecule has 27 heavy (non-hydrogen) atoms. The number of benzene rings is 2. The summed E-state index contributed by atoms with van der Waals surface area (Å²) in [5.41, 5.74) is 0.833. The maximum absolute atomic E-state index is 12.6. The monoisotopic (exact) mass is 388 g/mol. The number of nitrogens with one attached hydrogen (secondary N) is 1. The Kier molecular flexibility index (Phi) is 4.75. The molecule has 0 spiro atoms. The number of carbonyl (C=O) groups is 1. The summed E-state index contributed by atoms with van der Waals surface area (Å²) in [5, 5.41) is 0. The van der Waals surface area contributed by atoms with Gasteiger partial charge in [0.15, 0.2) is 11.5 Å². The van der Waals surface area contributed by atoms with Gasteiger partial charge in [0.25, 0.3) is 0 Å². The third-order valence-corrected chi connectivity index (χ3v) is 6.08. The molecule has 2 aliphatic rings. The number of sulfonamides is 1. The molecule has 4 rings (SSSR count). The second-order valence-electron chi connectivity index (χ2n) is 6.57. The summed E-state index contributed by atoms with van der Waals surface area (Å²) in [7, 11) is -3.70. The summed E-state index contributed by atoms with van der Waals surface area (Å²) in [6, 6.07) is 13.9. The van der Waals surface area contributed by atoms with Crippen LogP contribution in [0.15, 0.2) is 53.4 Å². The fraction of sp³-hybridized carbons (Fsp3) is 0.316. The molecule has 2 aromatic carbocycles. The zero-order valence-corrected chi connectivity index (χ0v) is 15.4. The average molecular weight is 388 g/mol. The van der Waals surface area contributed by atoms with Gasteiger partial charge in [-0.2, -0.15) is 0 Å². The third kappa shape index (κ3) is 3.77. The van der Waals surface area contributed by atoms with Crippen LogP contribution in [0.4, 0.5) is 5.69 Å². The Morgan fingerprint density at radius 3 is 2.56 bits per heavy atom. The standard InChI is InChI=1S/C19H20N2O5S/c22-19-10-14(13-21(19)15-4-2-1-3-5-15)12-20-27(23,24)16-6-7-17-18(11-16)26-9-8-25-17/h1-7,11,14,20H,8-10,12-13H2/t14-/m1/s1. The van der Waals surface area contributed by atoms with Crippen molar-refractivity contribution in [2.45, 2.75) is 11.3 Å². The minimum atomic E-state index is -3.70. The summed E-state index contributed by atoms with van der Waals surface area (Å²) in [6.07, 6.45) is 0.318.